The van der Waals surface area contributed by atoms with Crippen molar-refractivity contribution in [2.75, 3.05) is 26.0 Å². The molecule has 1 aliphatic rings. The minimum atomic E-state index is -0.641. The zero-order chi connectivity index (χ0) is 24.5. The van der Waals surface area contributed by atoms with Gasteiger partial charge < -0.3 is 25.0 Å². The number of benzene rings is 1. The van der Waals surface area contributed by atoms with Crippen LogP contribution in [0.2, 0.25) is 0 Å². The third kappa shape index (κ3) is 4.54. The summed E-state index contributed by atoms with van der Waals surface area (Å²) in [7, 11) is 3.96. The average molecular weight is 466 g/mol. The third-order valence-corrected chi connectivity index (χ3v) is 6.13. The van der Waals surface area contributed by atoms with Crippen LogP contribution in [0.25, 0.3) is 0 Å². The maximum absolute atomic E-state index is 13.4. The molecular formula is C24H31N7O3. The number of aryl methyl sites for hydroxylation is 1. The van der Waals surface area contributed by atoms with E-state index in [4.69, 9.17) is 4.52 Å². The fourth-order valence-corrected chi connectivity index (χ4v) is 4.21. The molecule has 0 aliphatic carbocycles. The first-order valence-electron chi connectivity index (χ1n) is 11.3. The van der Waals surface area contributed by atoms with Crippen LogP contribution >= 0.6 is 0 Å². The molecule has 0 saturated heterocycles. The Morgan fingerprint density at radius 3 is 2.65 bits per heavy atom. The van der Waals surface area contributed by atoms with Gasteiger partial charge in [0.15, 0.2) is 11.5 Å². The number of anilines is 1. The van der Waals surface area contributed by atoms with Crippen molar-refractivity contribution in [3.63, 3.8) is 0 Å². The summed E-state index contributed by atoms with van der Waals surface area (Å²) in [6.07, 6.45) is 0.647. The number of hydrogen-bond acceptors (Lipinski definition) is 6. The van der Waals surface area contributed by atoms with Crippen molar-refractivity contribution in [2.45, 2.75) is 45.3 Å². The van der Waals surface area contributed by atoms with Crippen LogP contribution in [0.15, 0.2) is 40.9 Å². The quantitative estimate of drug-likeness (QED) is 0.493. The van der Waals surface area contributed by atoms with Crippen LogP contribution in [0, 0.1) is 0 Å². The zero-order valence-corrected chi connectivity index (χ0v) is 20.2. The molecule has 3 N–H and O–H groups in total. The molecule has 3 amide bonds. The fraction of sp³-hybridized carbons (Fsp3) is 0.417. The van der Waals surface area contributed by atoms with E-state index in [0.717, 1.165) is 16.8 Å². The Labute approximate surface area is 198 Å². The molecule has 1 atom stereocenters. The van der Waals surface area contributed by atoms with Crippen LogP contribution in [0.3, 0.4) is 0 Å². The number of nitrogens with one attached hydrogen (secondary N) is 3. The normalized spacial score (nSPS) is 15.3. The summed E-state index contributed by atoms with van der Waals surface area (Å²) < 4.78 is 5.13. The molecule has 4 rings (SSSR count). The molecule has 3 heterocycles. The number of aromatic amines is 1. The monoisotopic (exact) mass is 465 g/mol. The van der Waals surface area contributed by atoms with E-state index in [1.54, 1.807) is 11.0 Å². The first-order chi connectivity index (χ1) is 16.2. The smallest absolute Gasteiger partial charge is 0.319 e. The lowest BCUT2D eigenvalue weighted by Gasteiger charge is -2.34. The predicted octanol–water partition coefficient (Wildman–Crippen LogP) is 3.28. The highest BCUT2D eigenvalue weighted by Gasteiger charge is 2.44. The van der Waals surface area contributed by atoms with Gasteiger partial charge in [-0.05, 0) is 33.5 Å². The van der Waals surface area contributed by atoms with E-state index in [2.05, 4.69) is 26.0 Å². The summed E-state index contributed by atoms with van der Waals surface area (Å²) in [4.78, 5) is 29.9. The van der Waals surface area contributed by atoms with Crippen molar-refractivity contribution in [2.24, 2.45) is 0 Å². The Morgan fingerprint density at radius 2 is 2.00 bits per heavy atom. The molecule has 0 saturated carbocycles. The molecule has 0 radical (unpaired) electrons. The molecule has 1 unspecified atom stereocenters. The van der Waals surface area contributed by atoms with Gasteiger partial charge in [-0.1, -0.05) is 42.4 Å². The van der Waals surface area contributed by atoms with Crippen LogP contribution < -0.4 is 10.6 Å². The second kappa shape index (κ2) is 9.30. The Balaban J connectivity index is 1.51. The van der Waals surface area contributed by atoms with Gasteiger partial charge in [-0.3, -0.25) is 9.89 Å². The van der Waals surface area contributed by atoms with Crippen molar-refractivity contribution < 1.29 is 14.1 Å². The molecular weight excluding hydrogens is 434 g/mol. The summed E-state index contributed by atoms with van der Waals surface area (Å²) in [6, 6.07) is 11.2. The number of nitrogens with zero attached hydrogens (tertiary/aromatic N) is 4. The van der Waals surface area contributed by atoms with Crippen molar-refractivity contribution in [3.05, 3.63) is 64.7 Å². The van der Waals surface area contributed by atoms with Crippen molar-refractivity contribution in [1.29, 1.82) is 0 Å². The highest BCUT2D eigenvalue weighted by molar-refractivity contribution is 6.02. The second-order valence-corrected chi connectivity index (χ2v) is 9.23. The van der Waals surface area contributed by atoms with Crippen LogP contribution in [0.1, 0.15) is 59.9 Å². The van der Waals surface area contributed by atoms with Gasteiger partial charge in [0.05, 0.1) is 23.8 Å². The standard InChI is InChI=1S/C24H31N7O3/c1-6-16-12-18(29-34-16)22(32)26-21-17-13-31(24(2,3)20(17)27-28-21)23(33)25-19(14-30(4)5)15-10-8-7-9-11-15/h7-12,19H,6,13-14H2,1-5H3,(H,25,33)(H2,26,27,28,32). The third-order valence-electron chi connectivity index (χ3n) is 6.13. The number of likely N-dealkylation sites (N-methyl/N-ethyl adjacent to an activating group) is 1. The Hall–Kier alpha value is -3.66. The Kier molecular flexibility index (Phi) is 6.43. The summed E-state index contributed by atoms with van der Waals surface area (Å²) >= 11 is 0. The number of hydrogen-bond donors (Lipinski definition) is 3. The first kappa shape index (κ1) is 23.5. The lowest BCUT2D eigenvalue weighted by atomic mass is 10.0. The van der Waals surface area contributed by atoms with Gasteiger partial charge >= 0.3 is 6.03 Å². The molecule has 1 aliphatic heterocycles. The molecule has 1 aromatic carbocycles. The van der Waals surface area contributed by atoms with E-state index in [1.807, 2.05) is 70.1 Å². The van der Waals surface area contributed by atoms with Gasteiger partial charge in [-0.15, -0.1) is 0 Å². The molecule has 180 valence electrons. The van der Waals surface area contributed by atoms with E-state index >= 15 is 0 Å². The van der Waals surface area contributed by atoms with Gasteiger partial charge in [-0.25, -0.2) is 4.79 Å². The number of carbonyl (C=O) groups excluding carboxylic acids is 2. The number of amides is 3. The number of aromatic nitrogens is 3. The van der Waals surface area contributed by atoms with E-state index in [0.29, 0.717) is 31.1 Å². The second-order valence-electron chi connectivity index (χ2n) is 9.23. The Morgan fingerprint density at radius 1 is 1.26 bits per heavy atom. The van der Waals surface area contributed by atoms with E-state index in [9.17, 15) is 9.59 Å². The molecule has 0 fully saturated rings. The van der Waals surface area contributed by atoms with Gasteiger partial charge in [0.2, 0.25) is 0 Å². The number of fused-ring (bicyclic) bond motifs is 1. The summed E-state index contributed by atoms with van der Waals surface area (Å²) in [5, 5.41) is 17.1. The largest absolute Gasteiger partial charge is 0.361 e. The average Bonchev–Trinajstić information content (AvgIpc) is 3.50. The predicted molar refractivity (Wildman–Crippen MR) is 127 cm³/mol. The summed E-state index contributed by atoms with van der Waals surface area (Å²) in [5.41, 5.74) is 2.15. The molecule has 3 aromatic rings. The van der Waals surface area contributed by atoms with Crippen molar-refractivity contribution in [1.82, 2.24) is 30.5 Å². The van der Waals surface area contributed by atoms with E-state index in [-0.39, 0.29) is 17.8 Å². The molecule has 10 heteroatoms. The maximum Gasteiger partial charge on any atom is 0.319 e. The summed E-state index contributed by atoms with van der Waals surface area (Å²) in [6.45, 7) is 6.80. The first-order valence-corrected chi connectivity index (χ1v) is 11.3. The maximum atomic E-state index is 13.4. The van der Waals surface area contributed by atoms with Crippen LogP contribution in [0.4, 0.5) is 10.6 Å². The topological polar surface area (TPSA) is 119 Å². The van der Waals surface area contributed by atoms with Gasteiger partial charge in [0, 0.05) is 24.6 Å². The molecule has 0 spiro atoms. The van der Waals surface area contributed by atoms with Crippen molar-refractivity contribution >= 4 is 17.8 Å². The highest BCUT2D eigenvalue weighted by Crippen LogP contribution is 2.40. The van der Waals surface area contributed by atoms with Gasteiger partial charge in [0.1, 0.15) is 5.76 Å². The SMILES string of the molecule is CCc1cc(C(=O)Nc2n[nH]c3c2CN(C(=O)NC(CN(C)C)c2ccccc2)C3(C)C)no1. The van der Waals surface area contributed by atoms with Crippen LogP contribution in [-0.2, 0) is 18.5 Å². The number of rotatable bonds is 7. The lowest BCUT2D eigenvalue weighted by Crippen LogP contribution is -2.48. The lowest BCUT2D eigenvalue weighted by molar-refractivity contribution is 0.101. The molecule has 0 bridgehead atoms. The molecule has 10 nitrogen and oxygen atoms in total. The minimum Gasteiger partial charge on any atom is -0.361 e. The van der Waals surface area contributed by atoms with E-state index < -0.39 is 11.4 Å². The minimum absolute atomic E-state index is 0.171. The van der Waals surface area contributed by atoms with Gasteiger partial charge in [0.25, 0.3) is 5.91 Å². The molecule has 34 heavy (non-hydrogen) atoms. The number of carbonyl (C=O) groups is 2. The van der Waals surface area contributed by atoms with Crippen LogP contribution in [0.5, 0.6) is 0 Å². The zero-order valence-electron chi connectivity index (χ0n) is 20.2. The number of urea groups is 1. The Bertz CT molecular complexity index is 1170. The van der Waals surface area contributed by atoms with E-state index in [1.165, 1.54) is 0 Å². The van der Waals surface area contributed by atoms with Crippen LogP contribution in [-0.4, -0.2) is 57.7 Å². The summed E-state index contributed by atoms with van der Waals surface area (Å²) in [5.74, 6) is 0.609. The van der Waals surface area contributed by atoms with Gasteiger partial charge in [-0.2, -0.15) is 5.10 Å². The molecule has 2 aromatic heterocycles. The van der Waals surface area contributed by atoms with Crippen molar-refractivity contribution in [3.8, 4) is 0 Å². The number of H-pyrrole nitrogens is 1. The fourth-order valence-electron chi connectivity index (χ4n) is 4.21. The highest BCUT2D eigenvalue weighted by atomic mass is 16.5.